The number of aromatic nitrogens is 1. The molecule has 0 spiro atoms. The van der Waals surface area contributed by atoms with E-state index in [0.29, 0.717) is 24.3 Å². The number of halogens is 3. The third-order valence-corrected chi connectivity index (χ3v) is 8.68. The Kier molecular flexibility index (Phi) is 7.81. The van der Waals surface area contributed by atoms with Crippen LogP contribution in [0.3, 0.4) is 0 Å². The number of piperidine rings is 1. The Balaban J connectivity index is 1.91. The maximum absolute atomic E-state index is 14.9. The molecule has 0 aliphatic carbocycles. The van der Waals surface area contributed by atoms with E-state index in [-0.39, 0.29) is 35.1 Å². The SMILES string of the molecule is CCCS(=O)(=O)N1CCC(c2ncccc2F)(C(C)NC(=O)c2ccc(Cl)cc2Cl)CC1. The monoisotopic (exact) mass is 501 g/mol. The van der Waals surface area contributed by atoms with Gasteiger partial charge in [-0.3, -0.25) is 9.78 Å². The van der Waals surface area contributed by atoms with E-state index < -0.39 is 33.2 Å². The lowest BCUT2D eigenvalue weighted by Gasteiger charge is -2.45. The third-order valence-electron chi connectivity index (χ3n) is 6.05. The van der Waals surface area contributed by atoms with Crippen molar-refractivity contribution in [1.82, 2.24) is 14.6 Å². The number of nitrogens with one attached hydrogen (secondary N) is 1. The first-order valence-electron chi connectivity index (χ1n) is 10.5. The predicted molar refractivity (Wildman–Crippen MR) is 124 cm³/mol. The van der Waals surface area contributed by atoms with E-state index in [9.17, 15) is 17.6 Å². The summed E-state index contributed by atoms with van der Waals surface area (Å²) in [7, 11) is -3.38. The van der Waals surface area contributed by atoms with Gasteiger partial charge in [0.25, 0.3) is 5.91 Å². The second-order valence-electron chi connectivity index (χ2n) is 8.02. The molecule has 1 aromatic heterocycles. The Morgan fingerprint density at radius 2 is 1.97 bits per heavy atom. The van der Waals surface area contributed by atoms with Crippen LogP contribution < -0.4 is 5.32 Å². The lowest BCUT2D eigenvalue weighted by atomic mass is 9.70. The van der Waals surface area contributed by atoms with E-state index in [4.69, 9.17) is 23.2 Å². The number of carbonyl (C=O) groups excluding carboxylic acids is 1. The zero-order valence-corrected chi connectivity index (χ0v) is 20.3. The molecule has 10 heteroatoms. The molecule has 1 amide bonds. The van der Waals surface area contributed by atoms with Gasteiger partial charge < -0.3 is 5.32 Å². The highest BCUT2D eigenvalue weighted by molar-refractivity contribution is 7.89. The third kappa shape index (κ3) is 5.09. The molecule has 0 bridgehead atoms. The molecule has 1 N–H and O–H groups in total. The second-order valence-corrected chi connectivity index (χ2v) is 11.0. The van der Waals surface area contributed by atoms with Crippen molar-refractivity contribution in [3.8, 4) is 0 Å². The van der Waals surface area contributed by atoms with E-state index in [2.05, 4.69) is 10.3 Å². The lowest BCUT2D eigenvalue weighted by molar-refractivity contribution is 0.0890. The van der Waals surface area contributed by atoms with Crippen LogP contribution in [0, 0.1) is 5.82 Å². The fourth-order valence-corrected chi connectivity index (χ4v) is 6.27. The lowest BCUT2D eigenvalue weighted by Crippen LogP contribution is -2.56. The Morgan fingerprint density at radius 3 is 2.56 bits per heavy atom. The first-order chi connectivity index (χ1) is 15.1. The highest BCUT2D eigenvalue weighted by Crippen LogP contribution is 2.40. The number of sulfonamides is 1. The molecule has 0 radical (unpaired) electrons. The Bertz CT molecular complexity index is 1090. The first-order valence-corrected chi connectivity index (χ1v) is 12.8. The van der Waals surface area contributed by atoms with Crippen molar-refractivity contribution >= 4 is 39.1 Å². The molecular formula is C22H26Cl2FN3O3S. The molecule has 0 saturated carbocycles. The van der Waals surface area contributed by atoms with Crippen LogP contribution in [-0.4, -0.2) is 48.5 Å². The number of amides is 1. The van der Waals surface area contributed by atoms with E-state index in [1.54, 1.807) is 13.0 Å². The summed E-state index contributed by atoms with van der Waals surface area (Å²) < 4.78 is 41.4. The molecule has 1 aromatic carbocycles. The van der Waals surface area contributed by atoms with Crippen LogP contribution in [0.25, 0.3) is 0 Å². The highest BCUT2D eigenvalue weighted by atomic mass is 35.5. The van der Waals surface area contributed by atoms with Crippen molar-refractivity contribution in [2.45, 2.75) is 44.6 Å². The Labute approximate surface area is 198 Å². The first kappa shape index (κ1) is 24.9. The van der Waals surface area contributed by atoms with E-state index >= 15 is 0 Å². The molecule has 1 atom stereocenters. The van der Waals surface area contributed by atoms with Crippen molar-refractivity contribution in [2.75, 3.05) is 18.8 Å². The zero-order valence-electron chi connectivity index (χ0n) is 17.9. The van der Waals surface area contributed by atoms with Crippen molar-refractivity contribution in [3.05, 3.63) is 63.6 Å². The van der Waals surface area contributed by atoms with Crippen molar-refractivity contribution in [1.29, 1.82) is 0 Å². The molecule has 1 unspecified atom stereocenters. The van der Waals surface area contributed by atoms with Gasteiger partial charge in [-0.25, -0.2) is 17.1 Å². The predicted octanol–water partition coefficient (Wildman–Crippen LogP) is 4.42. The molecule has 1 fully saturated rings. The summed E-state index contributed by atoms with van der Waals surface area (Å²) in [4.78, 5) is 17.2. The number of pyridine rings is 1. The van der Waals surface area contributed by atoms with Crippen LogP contribution in [0.1, 0.15) is 49.2 Å². The second kappa shape index (κ2) is 10.0. The summed E-state index contributed by atoms with van der Waals surface area (Å²) in [5.41, 5.74) is -0.400. The fourth-order valence-electron chi connectivity index (χ4n) is 4.26. The van der Waals surface area contributed by atoms with E-state index in [1.807, 2.05) is 6.92 Å². The average Bonchev–Trinajstić information content (AvgIpc) is 2.74. The number of carbonyl (C=O) groups is 1. The molecule has 32 heavy (non-hydrogen) atoms. The van der Waals surface area contributed by atoms with Gasteiger partial charge in [0, 0.05) is 35.8 Å². The molecule has 1 aliphatic heterocycles. The van der Waals surface area contributed by atoms with Crippen LogP contribution in [0.15, 0.2) is 36.5 Å². The van der Waals surface area contributed by atoms with Gasteiger partial charge >= 0.3 is 0 Å². The smallest absolute Gasteiger partial charge is 0.253 e. The van der Waals surface area contributed by atoms with Crippen LogP contribution in [0.5, 0.6) is 0 Å². The number of benzene rings is 1. The minimum absolute atomic E-state index is 0.0688. The van der Waals surface area contributed by atoms with Gasteiger partial charge in [-0.1, -0.05) is 30.1 Å². The zero-order chi connectivity index (χ0) is 23.5. The van der Waals surface area contributed by atoms with Crippen molar-refractivity contribution in [2.24, 2.45) is 0 Å². The van der Waals surface area contributed by atoms with Gasteiger partial charge in [0.1, 0.15) is 5.82 Å². The number of hydrogen-bond acceptors (Lipinski definition) is 4. The molecule has 2 heterocycles. The fraction of sp³-hybridized carbons (Fsp3) is 0.455. The largest absolute Gasteiger partial charge is 0.349 e. The Morgan fingerprint density at radius 1 is 1.28 bits per heavy atom. The Hall–Kier alpha value is -1.74. The number of rotatable bonds is 7. The molecule has 174 valence electrons. The summed E-state index contributed by atoms with van der Waals surface area (Å²) in [6.45, 7) is 4.04. The van der Waals surface area contributed by atoms with Crippen LogP contribution in [-0.2, 0) is 15.4 Å². The van der Waals surface area contributed by atoms with Gasteiger partial charge in [0.15, 0.2) is 0 Å². The van der Waals surface area contributed by atoms with Gasteiger partial charge in [0.05, 0.1) is 22.0 Å². The summed E-state index contributed by atoms with van der Waals surface area (Å²) in [5.74, 6) is -0.835. The average molecular weight is 502 g/mol. The summed E-state index contributed by atoms with van der Waals surface area (Å²) in [5, 5.41) is 3.55. The minimum atomic E-state index is -3.38. The normalized spacial score (nSPS) is 17.7. The van der Waals surface area contributed by atoms with Gasteiger partial charge in [-0.05, 0) is 56.5 Å². The maximum atomic E-state index is 14.9. The quantitative estimate of drug-likeness (QED) is 0.608. The van der Waals surface area contributed by atoms with Crippen molar-refractivity contribution in [3.63, 3.8) is 0 Å². The van der Waals surface area contributed by atoms with Crippen molar-refractivity contribution < 1.29 is 17.6 Å². The standard InChI is InChI=1S/C22H26Cl2FN3O3S/c1-3-13-32(30,31)28-11-8-22(9-12-28,20-19(25)5-4-10-26-20)15(2)27-21(29)17-7-6-16(23)14-18(17)24/h4-7,10,14-15H,3,8-9,11-13H2,1-2H3,(H,27,29). The molecule has 6 nitrogen and oxygen atoms in total. The summed E-state index contributed by atoms with van der Waals surface area (Å²) in [6.07, 6.45) is 2.66. The number of nitrogens with zero attached hydrogens (tertiary/aromatic N) is 2. The molecule has 3 rings (SSSR count). The topological polar surface area (TPSA) is 79.4 Å². The minimum Gasteiger partial charge on any atom is -0.349 e. The highest BCUT2D eigenvalue weighted by Gasteiger charge is 2.46. The van der Waals surface area contributed by atoms with Gasteiger partial charge in [-0.2, -0.15) is 0 Å². The summed E-state index contributed by atoms with van der Waals surface area (Å²) >= 11 is 12.1. The molecular weight excluding hydrogens is 476 g/mol. The summed E-state index contributed by atoms with van der Waals surface area (Å²) in [6, 6.07) is 6.87. The maximum Gasteiger partial charge on any atom is 0.253 e. The number of hydrogen-bond donors (Lipinski definition) is 1. The van der Waals surface area contributed by atoms with E-state index in [1.165, 1.54) is 34.8 Å². The van der Waals surface area contributed by atoms with Crippen LogP contribution >= 0.6 is 23.2 Å². The van der Waals surface area contributed by atoms with Crippen LogP contribution in [0.2, 0.25) is 10.0 Å². The van der Waals surface area contributed by atoms with E-state index in [0.717, 1.165) is 0 Å². The van der Waals surface area contributed by atoms with Gasteiger partial charge in [-0.15, -0.1) is 0 Å². The van der Waals surface area contributed by atoms with Gasteiger partial charge in [0.2, 0.25) is 10.0 Å². The molecule has 1 aliphatic rings. The molecule has 2 aromatic rings. The van der Waals surface area contributed by atoms with Crippen LogP contribution in [0.4, 0.5) is 4.39 Å². The molecule has 1 saturated heterocycles.